The van der Waals surface area contributed by atoms with E-state index in [2.05, 4.69) is 15.9 Å². The summed E-state index contributed by atoms with van der Waals surface area (Å²) in [6, 6.07) is 22.7. The number of ether oxygens (including phenoxy) is 2. The Hall–Kier alpha value is -2.19. The van der Waals surface area contributed by atoms with Crippen LogP contribution in [-0.4, -0.2) is 25.9 Å². The van der Waals surface area contributed by atoms with Crippen LogP contribution < -0.4 is 4.74 Å². The molecule has 30 heavy (non-hydrogen) atoms. The minimum Gasteiger partial charge on any atom is -0.492 e. The quantitative estimate of drug-likeness (QED) is 0.503. The second-order valence-electron chi connectivity index (χ2n) is 7.04. The maximum absolute atomic E-state index is 13.2. The largest absolute Gasteiger partial charge is 0.492 e. The van der Waals surface area contributed by atoms with Gasteiger partial charge in [0.25, 0.3) is 0 Å². The Balaban J connectivity index is 1.51. The molecule has 156 valence electrons. The van der Waals surface area contributed by atoms with Crippen LogP contribution in [0.3, 0.4) is 0 Å². The Bertz CT molecular complexity index is 1120. The van der Waals surface area contributed by atoms with Crippen LogP contribution in [0, 0.1) is 0 Å². The van der Waals surface area contributed by atoms with Gasteiger partial charge in [0, 0.05) is 23.1 Å². The molecule has 5 nitrogen and oxygen atoms in total. The summed E-state index contributed by atoms with van der Waals surface area (Å²) in [5, 5.41) is 0. The molecule has 0 fully saturated rings. The van der Waals surface area contributed by atoms with Crippen LogP contribution in [-0.2, 0) is 34.5 Å². The van der Waals surface area contributed by atoms with Crippen molar-refractivity contribution in [2.24, 2.45) is 0 Å². The maximum Gasteiger partial charge on any atom is 0.244 e. The van der Waals surface area contributed by atoms with E-state index in [9.17, 15) is 8.42 Å². The molecule has 0 N–H and O–H groups in total. The second-order valence-corrected chi connectivity index (χ2v) is 9.80. The summed E-state index contributed by atoms with van der Waals surface area (Å²) < 4.78 is 40.1. The molecule has 0 amide bonds. The van der Waals surface area contributed by atoms with Crippen LogP contribution in [0.1, 0.15) is 16.7 Å². The van der Waals surface area contributed by atoms with Gasteiger partial charge in [-0.2, -0.15) is 4.31 Å². The minimum atomic E-state index is -3.65. The Kier molecular flexibility index (Phi) is 6.53. The van der Waals surface area contributed by atoms with Gasteiger partial charge in [-0.1, -0.05) is 48.5 Å². The number of hydrogen-bond donors (Lipinski definition) is 0. The lowest BCUT2D eigenvalue weighted by molar-refractivity contribution is 0.107. The third kappa shape index (κ3) is 4.75. The molecule has 1 aliphatic rings. The SMILES string of the molecule is O=S(=O)(c1ccccc1Br)N1CCOc2ccc(COCc3ccccc3)cc2C1. The molecule has 0 atom stereocenters. The first kappa shape index (κ1) is 21.1. The number of rotatable bonds is 6. The molecule has 0 saturated carbocycles. The highest BCUT2D eigenvalue weighted by Crippen LogP contribution is 2.30. The predicted molar refractivity (Wildman–Crippen MR) is 119 cm³/mol. The van der Waals surface area contributed by atoms with Crippen molar-refractivity contribution in [3.63, 3.8) is 0 Å². The summed E-state index contributed by atoms with van der Waals surface area (Å²) in [4.78, 5) is 0.260. The molecule has 4 rings (SSSR count). The topological polar surface area (TPSA) is 55.8 Å². The van der Waals surface area contributed by atoms with E-state index in [1.54, 1.807) is 24.3 Å². The van der Waals surface area contributed by atoms with E-state index in [1.807, 2.05) is 48.5 Å². The first-order valence-electron chi connectivity index (χ1n) is 9.65. The number of benzene rings is 3. The Morgan fingerprint density at radius 1 is 0.933 bits per heavy atom. The van der Waals surface area contributed by atoms with Gasteiger partial charge < -0.3 is 9.47 Å². The molecular weight excluding hydrogens is 466 g/mol. The summed E-state index contributed by atoms with van der Waals surface area (Å²) >= 11 is 3.36. The van der Waals surface area contributed by atoms with Crippen LogP contribution in [0.5, 0.6) is 5.75 Å². The number of nitrogens with zero attached hydrogens (tertiary/aromatic N) is 1. The van der Waals surface area contributed by atoms with Gasteiger partial charge in [-0.3, -0.25) is 0 Å². The molecule has 3 aromatic carbocycles. The lowest BCUT2D eigenvalue weighted by atomic mass is 10.1. The average molecular weight is 488 g/mol. The zero-order valence-electron chi connectivity index (χ0n) is 16.3. The van der Waals surface area contributed by atoms with Gasteiger partial charge >= 0.3 is 0 Å². The van der Waals surface area contributed by atoms with Crippen molar-refractivity contribution in [2.45, 2.75) is 24.7 Å². The smallest absolute Gasteiger partial charge is 0.244 e. The molecule has 3 aromatic rings. The number of hydrogen-bond acceptors (Lipinski definition) is 4. The highest BCUT2D eigenvalue weighted by Gasteiger charge is 2.29. The molecule has 0 aliphatic carbocycles. The van der Waals surface area contributed by atoms with Gasteiger partial charge in [0.05, 0.1) is 18.1 Å². The molecule has 0 radical (unpaired) electrons. The monoisotopic (exact) mass is 487 g/mol. The highest BCUT2D eigenvalue weighted by atomic mass is 79.9. The predicted octanol–water partition coefficient (Wildman–Crippen LogP) is 4.75. The standard InChI is InChI=1S/C23H22BrNO4S/c24-21-8-4-5-9-23(21)30(26,27)25-12-13-29-22-11-10-19(14-20(22)15-25)17-28-16-18-6-2-1-3-7-18/h1-11,14H,12-13,15-17H2. The van der Waals surface area contributed by atoms with Crippen molar-refractivity contribution in [2.75, 3.05) is 13.2 Å². The summed E-state index contributed by atoms with van der Waals surface area (Å²) in [6.45, 7) is 1.82. The van der Waals surface area contributed by atoms with Gasteiger partial charge in [0.1, 0.15) is 12.4 Å². The molecule has 7 heteroatoms. The maximum atomic E-state index is 13.2. The Morgan fingerprint density at radius 2 is 1.67 bits per heavy atom. The molecule has 0 unspecified atom stereocenters. The summed E-state index contributed by atoms with van der Waals surface area (Å²) in [5.41, 5.74) is 2.93. The second kappa shape index (κ2) is 9.31. The van der Waals surface area contributed by atoms with Gasteiger partial charge in [0.2, 0.25) is 10.0 Å². The number of fused-ring (bicyclic) bond motifs is 1. The van der Waals surface area contributed by atoms with Crippen LogP contribution in [0.25, 0.3) is 0 Å². The van der Waals surface area contributed by atoms with Gasteiger partial charge in [0.15, 0.2) is 0 Å². The fourth-order valence-electron chi connectivity index (χ4n) is 3.37. The Morgan fingerprint density at radius 3 is 2.47 bits per heavy atom. The highest BCUT2D eigenvalue weighted by molar-refractivity contribution is 9.10. The molecule has 1 heterocycles. The van der Waals surface area contributed by atoms with Crippen molar-refractivity contribution in [1.29, 1.82) is 0 Å². The van der Waals surface area contributed by atoms with Crippen molar-refractivity contribution in [1.82, 2.24) is 4.31 Å². The van der Waals surface area contributed by atoms with E-state index in [-0.39, 0.29) is 18.0 Å². The van der Waals surface area contributed by atoms with Crippen LogP contribution in [0.15, 0.2) is 82.2 Å². The normalized spacial score (nSPS) is 14.6. The van der Waals surface area contributed by atoms with Crippen LogP contribution >= 0.6 is 15.9 Å². The lowest BCUT2D eigenvalue weighted by Gasteiger charge is -2.20. The van der Waals surface area contributed by atoms with E-state index in [0.717, 1.165) is 16.7 Å². The third-order valence-electron chi connectivity index (χ3n) is 4.90. The van der Waals surface area contributed by atoms with Crippen LogP contribution in [0.2, 0.25) is 0 Å². The first-order valence-corrected chi connectivity index (χ1v) is 11.9. The zero-order chi connectivity index (χ0) is 21.0. The molecular formula is C23H22BrNO4S. The zero-order valence-corrected chi connectivity index (χ0v) is 18.7. The Labute approximate surface area is 185 Å². The van der Waals surface area contributed by atoms with Gasteiger partial charge in [-0.15, -0.1) is 0 Å². The molecule has 0 aromatic heterocycles. The van der Waals surface area contributed by atoms with Crippen molar-refractivity contribution in [3.8, 4) is 5.75 Å². The van der Waals surface area contributed by atoms with Crippen LogP contribution in [0.4, 0.5) is 0 Å². The fourth-order valence-corrected chi connectivity index (χ4v) is 5.74. The molecule has 0 bridgehead atoms. The summed E-state index contributed by atoms with van der Waals surface area (Å²) in [5.74, 6) is 0.714. The number of sulfonamides is 1. The van der Waals surface area contributed by atoms with Crippen molar-refractivity contribution >= 4 is 26.0 Å². The van der Waals surface area contributed by atoms with E-state index in [0.29, 0.717) is 30.0 Å². The summed E-state index contributed by atoms with van der Waals surface area (Å²) in [6.07, 6.45) is 0. The summed E-state index contributed by atoms with van der Waals surface area (Å²) in [7, 11) is -3.65. The van der Waals surface area contributed by atoms with Crippen molar-refractivity contribution in [3.05, 3.63) is 94.0 Å². The van der Waals surface area contributed by atoms with E-state index in [4.69, 9.17) is 9.47 Å². The molecule has 0 saturated heterocycles. The number of halogens is 1. The average Bonchev–Trinajstić information content (AvgIpc) is 2.97. The first-order chi connectivity index (χ1) is 14.5. The fraction of sp³-hybridized carbons (Fsp3) is 0.217. The molecule has 1 aliphatic heterocycles. The minimum absolute atomic E-state index is 0.255. The third-order valence-corrected chi connectivity index (χ3v) is 7.76. The van der Waals surface area contributed by atoms with E-state index >= 15 is 0 Å². The van der Waals surface area contributed by atoms with Crippen molar-refractivity contribution < 1.29 is 17.9 Å². The van der Waals surface area contributed by atoms with Gasteiger partial charge in [-0.05, 0) is 51.3 Å². The lowest BCUT2D eigenvalue weighted by Crippen LogP contribution is -2.32. The van der Waals surface area contributed by atoms with Gasteiger partial charge in [-0.25, -0.2) is 8.42 Å². The molecule has 0 spiro atoms. The van der Waals surface area contributed by atoms with E-state index < -0.39 is 10.0 Å². The van der Waals surface area contributed by atoms with E-state index in [1.165, 1.54) is 4.31 Å².